The fourth-order valence-corrected chi connectivity index (χ4v) is 1.35. The molecule has 0 spiro atoms. The molecule has 0 atom stereocenters. The minimum absolute atomic E-state index is 0.797. The van der Waals surface area contributed by atoms with E-state index in [1.807, 2.05) is 13.8 Å². The molecule has 0 aliphatic carbocycles. The summed E-state index contributed by atoms with van der Waals surface area (Å²) in [5, 5.41) is 0. The van der Waals surface area contributed by atoms with Crippen molar-refractivity contribution in [2.24, 2.45) is 0 Å². The SMILES string of the molecule is C=Cc1nc(C)nc(C)c1/C=C\CC. The summed E-state index contributed by atoms with van der Waals surface area (Å²) in [5.41, 5.74) is 3.00. The van der Waals surface area contributed by atoms with E-state index in [2.05, 4.69) is 35.6 Å². The van der Waals surface area contributed by atoms with Gasteiger partial charge in [0.25, 0.3) is 0 Å². The first-order chi connectivity index (χ1) is 6.69. The number of allylic oxidation sites excluding steroid dienone is 1. The van der Waals surface area contributed by atoms with Crippen LogP contribution in [0.4, 0.5) is 0 Å². The molecule has 0 aliphatic heterocycles. The summed E-state index contributed by atoms with van der Waals surface area (Å²) in [6.45, 7) is 9.76. The minimum Gasteiger partial charge on any atom is -0.238 e. The molecular formula is C12H16N2. The maximum absolute atomic E-state index is 4.32. The zero-order valence-corrected chi connectivity index (χ0v) is 9.04. The Hall–Kier alpha value is -1.44. The van der Waals surface area contributed by atoms with Crippen LogP contribution in [0.3, 0.4) is 0 Å². The first-order valence-corrected chi connectivity index (χ1v) is 4.83. The second kappa shape index (κ2) is 4.70. The van der Waals surface area contributed by atoms with Crippen LogP contribution in [0.5, 0.6) is 0 Å². The Morgan fingerprint density at radius 1 is 1.29 bits per heavy atom. The van der Waals surface area contributed by atoms with E-state index in [0.29, 0.717) is 0 Å². The Labute approximate surface area is 85.4 Å². The summed E-state index contributed by atoms with van der Waals surface area (Å²) < 4.78 is 0. The third-order valence-electron chi connectivity index (χ3n) is 1.99. The molecule has 14 heavy (non-hydrogen) atoms. The second-order valence-electron chi connectivity index (χ2n) is 3.17. The van der Waals surface area contributed by atoms with E-state index in [1.165, 1.54) is 0 Å². The Bertz CT molecular complexity index is 365. The van der Waals surface area contributed by atoms with Gasteiger partial charge in [0, 0.05) is 11.3 Å². The average Bonchev–Trinajstić information content (AvgIpc) is 2.15. The van der Waals surface area contributed by atoms with Crippen LogP contribution in [0.25, 0.3) is 12.2 Å². The lowest BCUT2D eigenvalue weighted by Gasteiger charge is -2.05. The maximum Gasteiger partial charge on any atom is 0.126 e. The Balaban J connectivity index is 3.25. The van der Waals surface area contributed by atoms with Crippen LogP contribution in [-0.2, 0) is 0 Å². The highest BCUT2D eigenvalue weighted by atomic mass is 14.9. The molecule has 0 amide bonds. The number of rotatable bonds is 3. The summed E-state index contributed by atoms with van der Waals surface area (Å²) in [6.07, 6.45) is 6.96. The standard InChI is InChI=1S/C12H16N2/c1-5-7-8-11-9(3)13-10(4)14-12(11)6-2/h6-8H,2,5H2,1,3-4H3/b8-7-. The number of nitrogens with zero attached hydrogens (tertiary/aromatic N) is 2. The van der Waals surface area contributed by atoms with Gasteiger partial charge in [-0.2, -0.15) is 0 Å². The molecule has 0 fully saturated rings. The fourth-order valence-electron chi connectivity index (χ4n) is 1.35. The molecule has 1 aromatic rings. The molecule has 0 saturated carbocycles. The van der Waals surface area contributed by atoms with Crippen molar-refractivity contribution in [2.45, 2.75) is 27.2 Å². The van der Waals surface area contributed by atoms with E-state index in [9.17, 15) is 0 Å². The van der Waals surface area contributed by atoms with Gasteiger partial charge in [-0.1, -0.05) is 25.7 Å². The van der Waals surface area contributed by atoms with Crippen molar-refractivity contribution < 1.29 is 0 Å². The van der Waals surface area contributed by atoms with Gasteiger partial charge in [0.2, 0.25) is 0 Å². The predicted molar refractivity (Wildman–Crippen MR) is 60.9 cm³/mol. The molecule has 0 N–H and O–H groups in total. The van der Waals surface area contributed by atoms with Gasteiger partial charge < -0.3 is 0 Å². The average molecular weight is 188 g/mol. The summed E-state index contributed by atoms with van der Waals surface area (Å²) in [5.74, 6) is 0.797. The van der Waals surface area contributed by atoms with Crippen LogP contribution in [0.2, 0.25) is 0 Å². The zero-order valence-electron chi connectivity index (χ0n) is 9.04. The molecule has 2 nitrogen and oxygen atoms in total. The molecule has 0 unspecified atom stereocenters. The molecular weight excluding hydrogens is 172 g/mol. The van der Waals surface area contributed by atoms with E-state index in [0.717, 1.165) is 29.2 Å². The van der Waals surface area contributed by atoms with Crippen molar-refractivity contribution in [3.63, 3.8) is 0 Å². The molecule has 0 saturated heterocycles. The molecule has 0 radical (unpaired) electrons. The normalized spacial score (nSPS) is 10.8. The van der Waals surface area contributed by atoms with Gasteiger partial charge in [-0.3, -0.25) is 0 Å². The summed E-state index contributed by atoms with van der Waals surface area (Å²) in [4.78, 5) is 8.65. The van der Waals surface area contributed by atoms with Crippen molar-refractivity contribution in [2.75, 3.05) is 0 Å². The molecule has 0 aliphatic rings. The lowest BCUT2D eigenvalue weighted by atomic mass is 10.1. The Kier molecular flexibility index (Phi) is 3.57. The lowest BCUT2D eigenvalue weighted by molar-refractivity contribution is 0.995. The van der Waals surface area contributed by atoms with Gasteiger partial charge in [0.1, 0.15) is 5.82 Å². The van der Waals surface area contributed by atoms with Gasteiger partial charge in [-0.05, 0) is 26.3 Å². The van der Waals surface area contributed by atoms with E-state index in [1.54, 1.807) is 6.08 Å². The second-order valence-corrected chi connectivity index (χ2v) is 3.17. The number of aryl methyl sites for hydroxylation is 2. The topological polar surface area (TPSA) is 25.8 Å². The van der Waals surface area contributed by atoms with Crippen molar-refractivity contribution in [3.05, 3.63) is 35.4 Å². The van der Waals surface area contributed by atoms with Crippen LogP contribution in [0.15, 0.2) is 12.7 Å². The number of hydrogen-bond acceptors (Lipinski definition) is 2. The fraction of sp³-hybridized carbons (Fsp3) is 0.333. The molecule has 1 aromatic heterocycles. The summed E-state index contributed by atoms with van der Waals surface area (Å²) in [6, 6.07) is 0. The van der Waals surface area contributed by atoms with Crippen molar-refractivity contribution in [1.29, 1.82) is 0 Å². The summed E-state index contributed by atoms with van der Waals surface area (Å²) in [7, 11) is 0. The third kappa shape index (κ3) is 2.28. The zero-order chi connectivity index (χ0) is 10.6. The van der Waals surface area contributed by atoms with Crippen molar-refractivity contribution >= 4 is 12.2 Å². The molecule has 1 heterocycles. The van der Waals surface area contributed by atoms with E-state index in [-0.39, 0.29) is 0 Å². The quantitative estimate of drug-likeness (QED) is 0.728. The van der Waals surface area contributed by atoms with Gasteiger partial charge in [-0.15, -0.1) is 0 Å². The van der Waals surface area contributed by atoms with Crippen LogP contribution >= 0.6 is 0 Å². The molecule has 2 heteroatoms. The maximum atomic E-state index is 4.32. The largest absolute Gasteiger partial charge is 0.238 e. The van der Waals surface area contributed by atoms with Crippen molar-refractivity contribution in [1.82, 2.24) is 9.97 Å². The van der Waals surface area contributed by atoms with Gasteiger partial charge in [0.15, 0.2) is 0 Å². The first-order valence-electron chi connectivity index (χ1n) is 4.83. The Morgan fingerprint density at radius 2 is 2.00 bits per heavy atom. The van der Waals surface area contributed by atoms with Gasteiger partial charge >= 0.3 is 0 Å². The molecule has 0 aromatic carbocycles. The highest BCUT2D eigenvalue weighted by molar-refractivity contribution is 5.63. The lowest BCUT2D eigenvalue weighted by Crippen LogP contribution is -1.98. The van der Waals surface area contributed by atoms with Gasteiger partial charge in [0.05, 0.1) is 5.69 Å². The van der Waals surface area contributed by atoms with Crippen LogP contribution in [-0.4, -0.2) is 9.97 Å². The molecule has 0 bridgehead atoms. The smallest absolute Gasteiger partial charge is 0.126 e. The van der Waals surface area contributed by atoms with Crippen molar-refractivity contribution in [3.8, 4) is 0 Å². The monoisotopic (exact) mass is 188 g/mol. The van der Waals surface area contributed by atoms with E-state index < -0.39 is 0 Å². The first kappa shape index (κ1) is 10.6. The van der Waals surface area contributed by atoms with E-state index >= 15 is 0 Å². The van der Waals surface area contributed by atoms with Gasteiger partial charge in [-0.25, -0.2) is 9.97 Å². The summed E-state index contributed by atoms with van der Waals surface area (Å²) >= 11 is 0. The van der Waals surface area contributed by atoms with Crippen LogP contribution < -0.4 is 0 Å². The Morgan fingerprint density at radius 3 is 2.57 bits per heavy atom. The van der Waals surface area contributed by atoms with Crippen LogP contribution in [0, 0.1) is 13.8 Å². The molecule has 74 valence electrons. The highest BCUT2D eigenvalue weighted by Crippen LogP contribution is 2.14. The third-order valence-corrected chi connectivity index (χ3v) is 1.99. The number of aromatic nitrogens is 2. The molecule has 1 rings (SSSR count). The number of hydrogen-bond donors (Lipinski definition) is 0. The van der Waals surface area contributed by atoms with Crippen LogP contribution in [0.1, 0.15) is 36.1 Å². The highest BCUT2D eigenvalue weighted by Gasteiger charge is 2.03. The minimum atomic E-state index is 0.797. The predicted octanol–water partition coefficient (Wildman–Crippen LogP) is 3.16. The van der Waals surface area contributed by atoms with E-state index in [4.69, 9.17) is 0 Å².